The van der Waals surface area contributed by atoms with Crippen molar-refractivity contribution in [2.45, 2.75) is 39.3 Å². The van der Waals surface area contributed by atoms with Crippen molar-refractivity contribution in [3.05, 3.63) is 41.6 Å². The highest BCUT2D eigenvalue weighted by Gasteiger charge is 2.15. The fourth-order valence-electron chi connectivity index (χ4n) is 4.31. The second-order valence-corrected chi connectivity index (χ2v) is 8.47. The lowest BCUT2D eigenvalue weighted by Crippen LogP contribution is -2.42. The van der Waals surface area contributed by atoms with Crippen LogP contribution in [0.4, 0.5) is 11.8 Å². The number of fused-ring (bicyclic) bond motifs is 1. The predicted octanol–water partition coefficient (Wildman–Crippen LogP) is 4.16. The zero-order valence-corrected chi connectivity index (χ0v) is 19.6. The van der Waals surface area contributed by atoms with Gasteiger partial charge in [-0.2, -0.15) is 4.98 Å². The number of rotatable bonds is 11. The van der Waals surface area contributed by atoms with E-state index >= 15 is 0 Å². The van der Waals surface area contributed by atoms with Crippen molar-refractivity contribution < 1.29 is 4.74 Å². The third-order valence-corrected chi connectivity index (χ3v) is 6.08. The van der Waals surface area contributed by atoms with E-state index in [-0.39, 0.29) is 5.95 Å². The minimum atomic E-state index is 0.174. The van der Waals surface area contributed by atoms with E-state index in [2.05, 4.69) is 60.3 Å². The van der Waals surface area contributed by atoms with Crippen molar-refractivity contribution in [1.82, 2.24) is 24.8 Å². The molecule has 1 aliphatic rings. The second kappa shape index (κ2) is 11.2. The Morgan fingerprint density at radius 2 is 2.00 bits per heavy atom. The van der Waals surface area contributed by atoms with Gasteiger partial charge in [0.2, 0.25) is 0 Å². The van der Waals surface area contributed by atoms with Crippen molar-refractivity contribution in [3.8, 4) is 5.75 Å². The van der Waals surface area contributed by atoms with Gasteiger partial charge in [-0.3, -0.25) is 4.90 Å². The van der Waals surface area contributed by atoms with Gasteiger partial charge in [-0.15, -0.1) is 5.11 Å². The normalized spacial score (nSPS) is 14.5. The number of nitrogens with one attached hydrogen (secondary N) is 3. The third-order valence-electron chi connectivity index (χ3n) is 6.08. The molecular weight excluding hydrogens is 416 g/mol. The van der Waals surface area contributed by atoms with Gasteiger partial charge in [0.15, 0.2) is 5.82 Å². The van der Waals surface area contributed by atoms with Crippen LogP contribution in [0.5, 0.6) is 5.75 Å². The Kier molecular flexibility index (Phi) is 7.85. The Morgan fingerprint density at radius 1 is 1.15 bits per heavy atom. The van der Waals surface area contributed by atoms with E-state index in [0.717, 1.165) is 86.7 Å². The summed E-state index contributed by atoms with van der Waals surface area (Å²) in [7, 11) is 1.73. The lowest BCUT2D eigenvalue weighted by molar-refractivity contribution is 0.233. The fraction of sp³-hybridized carbons (Fsp3) is 0.500. The van der Waals surface area contributed by atoms with Crippen molar-refractivity contribution in [2.75, 3.05) is 45.2 Å². The molecule has 0 unspecified atom stereocenters. The monoisotopic (exact) mass is 450 g/mol. The zero-order chi connectivity index (χ0) is 23.0. The van der Waals surface area contributed by atoms with Crippen LogP contribution in [0.15, 0.2) is 35.6 Å². The lowest BCUT2D eigenvalue weighted by atomic mass is 10.1. The number of hydrogen-bond acceptors (Lipinski definition) is 8. The fourth-order valence-corrected chi connectivity index (χ4v) is 4.31. The molecule has 3 N–H and O–H groups in total. The highest BCUT2D eigenvalue weighted by atomic mass is 16.5. The molecule has 0 aliphatic carbocycles. The highest BCUT2D eigenvalue weighted by molar-refractivity contribution is 5.87. The maximum absolute atomic E-state index is 7.35. The molecule has 4 rings (SSSR count). The molecule has 0 radical (unpaired) electrons. The summed E-state index contributed by atoms with van der Waals surface area (Å²) in [6, 6.07) is 8.46. The maximum Gasteiger partial charge on any atom is 0.270 e. The molecule has 9 nitrogen and oxygen atoms in total. The van der Waals surface area contributed by atoms with Crippen LogP contribution in [0.25, 0.3) is 11.0 Å². The van der Waals surface area contributed by atoms with Crippen molar-refractivity contribution in [2.24, 2.45) is 5.11 Å². The van der Waals surface area contributed by atoms with Crippen LogP contribution in [0, 0.1) is 5.53 Å². The van der Waals surface area contributed by atoms with Crippen LogP contribution >= 0.6 is 0 Å². The van der Waals surface area contributed by atoms with Crippen molar-refractivity contribution in [1.29, 1.82) is 5.53 Å². The molecule has 176 valence electrons. The van der Waals surface area contributed by atoms with E-state index in [1.807, 2.05) is 12.3 Å². The molecule has 3 aromatic rings. The summed E-state index contributed by atoms with van der Waals surface area (Å²) >= 11 is 0. The standard InChI is InChI=1S/C24H34N8O/c1-3-4-5-9-27-23-22-20(28-24(29-23)30-25)8-12-32(22)17-19-7-6-18(15-21(19)33-2)16-31-13-10-26-11-14-31/h6-8,12,15,25-26H,3-5,9-11,13-14,16-17H2,1-2H3,(H,27,28,29). The second-order valence-electron chi connectivity index (χ2n) is 8.47. The SMILES string of the molecule is CCCCCNc1nc(N=N)nc2ccn(Cc3ccc(CN4CCNCC4)cc3OC)c12. The number of aromatic nitrogens is 3. The topological polar surface area (TPSA) is 103 Å². The first-order chi connectivity index (χ1) is 16.2. The van der Waals surface area contributed by atoms with Gasteiger partial charge in [0.05, 0.1) is 19.2 Å². The van der Waals surface area contributed by atoms with Crippen LogP contribution in [0.3, 0.4) is 0 Å². The summed E-state index contributed by atoms with van der Waals surface area (Å²) in [5.41, 5.74) is 11.4. The molecule has 0 bridgehead atoms. The average molecular weight is 451 g/mol. The van der Waals surface area contributed by atoms with E-state index in [4.69, 9.17) is 10.3 Å². The Balaban J connectivity index is 1.58. The van der Waals surface area contributed by atoms with E-state index in [9.17, 15) is 0 Å². The van der Waals surface area contributed by atoms with E-state index < -0.39 is 0 Å². The summed E-state index contributed by atoms with van der Waals surface area (Å²) in [4.78, 5) is 11.4. The molecule has 1 aromatic carbocycles. The molecule has 33 heavy (non-hydrogen) atoms. The number of piperazine rings is 1. The van der Waals surface area contributed by atoms with E-state index in [1.54, 1.807) is 7.11 Å². The third kappa shape index (κ3) is 5.66. The van der Waals surface area contributed by atoms with Gasteiger partial charge >= 0.3 is 0 Å². The van der Waals surface area contributed by atoms with Crippen molar-refractivity contribution >= 4 is 22.8 Å². The van der Waals surface area contributed by atoms with Crippen LogP contribution in [-0.4, -0.2) is 59.3 Å². The van der Waals surface area contributed by atoms with Gasteiger partial charge in [0, 0.05) is 51.0 Å². The number of anilines is 1. The number of hydrogen-bond donors (Lipinski definition) is 3. The van der Waals surface area contributed by atoms with E-state index in [1.165, 1.54) is 5.56 Å². The summed E-state index contributed by atoms with van der Waals surface area (Å²) in [6.07, 6.45) is 5.40. The Labute approximate surface area is 195 Å². The maximum atomic E-state index is 7.35. The van der Waals surface area contributed by atoms with Crippen LogP contribution in [-0.2, 0) is 13.1 Å². The first kappa shape index (κ1) is 23.1. The summed E-state index contributed by atoms with van der Waals surface area (Å²) in [5, 5.41) is 10.3. The van der Waals surface area contributed by atoms with Gasteiger partial charge in [-0.1, -0.05) is 31.9 Å². The number of nitrogens with zero attached hydrogens (tertiary/aromatic N) is 5. The molecule has 2 aromatic heterocycles. The summed E-state index contributed by atoms with van der Waals surface area (Å²) in [6.45, 7) is 8.82. The van der Waals surface area contributed by atoms with Crippen molar-refractivity contribution in [3.63, 3.8) is 0 Å². The van der Waals surface area contributed by atoms with Gasteiger partial charge in [0.1, 0.15) is 11.3 Å². The molecule has 1 saturated heterocycles. The van der Waals surface area contributed by atoms with Crippen LogP contribution < -0.4 is 15.4 Å². The molecule has 1 aliphatic heterocycles. The smallest absolute Gasteiger partial charge is 0.270 e. The van der Waals surface area contributed by atoms with Crippen LogP contribution in [0.2, 0.25) is 0 Å². The van der Waals surface area contributed by atoms with Gasteiger partial charge < -0.3 is 19.9 Å². The van der Waals surface area contributed by atoms with E-state index in [0.29, 0.717) is 6.54 Å². The molecule has 0 spiro atoms. The van der Waals surface area contributed by atoms with Gasteiger partial charge in [-0.25, -0.2) is 10.5 Å². The predicted molar refractivity (Wildman–Crippen MR) is 131 cm³/mol. The molecule has 0 saturated carbocycles. The first-order valence-electron chi connectivity index (χ1n) is 11.8. The average Bonchev–Trinajstić information content (AvgIpc) is 3.26. The Hall–Kier alpha value is -3.04. The molecule has 0 amide bonds. The summed E-state index contributed by atoms with van der Waals surface area (Å²) < 4.78 is 7.90. The molecule has 9 heteroatoms. The lowest BCUT2D eigenvalue weighted by Gasteiger charge is -2.27. The quantitative estimate of drug-likeness (QED) is 0.299. The Morgan fingerprint density at radius 3 is 2.76 bits per heavy atom. The number of unbranched alkanes of at least 4 members (excludes halogenated alkanes) is 2. The zero-order valence-electron chi connectivity index (χ0n) is 19.6. The molecular formula is C24H34N8O. The van der Waals surface area contributed by atoms with Gasteiger partial charge in [-0.05, 0) is 24.1 Å². The first-order valence-corrected chi connectivity index (χ1v) is 11.8. The van der Waals surface area contributed by atoms with Crippen LogP contribution in [0.1, 0.15) is 37.3 Å². The molecule has 0 atom stereocenters. The largest absolute Gasteiger partial charge is 0.496 e. The van der Waals surface area contributed by atoms with Gasteiger partial charge in [0.25, 0.3) is 5.95 Å². The molecule has 3 heterocycles. The highest BCUT2D eigenvalue weighted by Crippen LogP contribution is 2.28. The minimum Gasteiger partial charge on any atom is -0.496 e. The summed E-state index contributed by atoms with van der Waals surface area (Å²) in [5.74, 6) is 1.79. The Bertz CT molecular complexity index is 1070. The number of methoxy groups -OCH3 is 1. The number of ether oxygens (including phenoxy) is 1. The molecule has 1 fully saturated rings. The number of benzene rings is 1. The minimum absolute atomic E-state index is 0.174.